The second-order valence-corrected chi connectivity index (χ2v) is 5.44. The molecule has 6 heteroatoms. The molecule has 0 atom stereocenters. The van der Waals surface area contributed by atoms with Gasteiger partial charge >= 0.3 is 0 Å². The summed E-state index contributed by atoms with van der Waals surface area (Å²) < 4.78 is 0. The van der Waals surface area contributed by atoms with E-state index in [-0.39, 0.29) is 11.8 Å². The van der Waals surface area contributed by atoms with Crippen molar-refractivity contribution in [2.24, 2.45) is 0 Å². The molecule has 1 saturated heterocycles. The number of para-hydroxylation sites is 2. The average molecular weight is 298 g/mol. The zero-order valence-corrected chi connectivity index (χ0v) is 12.7. The van der Waals surface area contributed by atoms with Crippen molar-refractivity contribution in [1.29, 1.82) is 0 Å². The Labute approximate surface area is 128 Å². The van der Waals surface area contributed by atoms with Crippen LogP contribution in [-0.4, -0.2) is 57.8 Å². The summed E-state index contributed by atoms with van der Waals surface area (Å²) in [7, 11) is 0. The lowest BCUT2D eigenvalue weighted by molar-refractivity contribution is -0.130. The molecule has 1 aromatic heterocycles. The Balaban J connectivity index is 1.83. The summed E-state index contributed by atoms with van der Waals surface area (Å²) in [5.74, 6) is -0.0623. The number of piperazine rings is 1. The Morgan fingerprint density at radius 1 is 0.955 bits per heavy atom. The predicted octanol–water partition coefficient (Wildman–Crippen LogP) is 1.24. The zero-order chi connectivity index (χ0) is 15.7. The van der Waals surface area contributed by atoms with E-state index in [4.69, 9.17) is 0 Å². The highest BCUT2D eigenvalue weighted by Gasteiger charge is 2.25. The van der Waals surface area contributed by atoms with Gasteiger partial charge in [0.2, 0.25) is 5.91 Å². The van der Waals surface area contributed by atoms with E-state index in [0.717, 1.165) is 11.0 Å². The van der Waals surface area contributed by atoms with Crippen LogP contribution in [0, 0.1) is 6.92 Å². The molecule has 3 rings (SSSR count). The quantitative estimate of drug-likeness (QED) is 0.794. The number of carbonyl (C=O) groups is 2. The van der Waals surface area contributed by atoms with Crippen molar-refractivity contribution in [3.05, 3.63) is 35.7 Å². The first-order valence-corrected chi connectivity index (χ1v) is 7.34. The molecule has 1 aliphatic rings. The van der Waals surface area contributed by atoms with E-state index in [1.54, 1.807) is 23.6 Å². The summed E-state index contributed by atoms with van der Waals surface area (Å²) in [6.45, 7) is 5.57. The van der Waals surface area contributed by atoms with Gasteiger partial charge in [-0.15, -0.1) is 0 Å². The lowest BCUT2D eigenvalue weighted by atomic mass is 10.2. The van der Waals surface area contributed by atoms with E-state index in [1.807, 2.05) is 24.3 Å². The number of nitrogens with zero attached hydrogens (tertiary/aromatic N) is 4. The van der Waals surface area contributed by atoms with Gasteiger partial charge in [0.1, 0.15) is 5.69 Å². The number of hydrogen-bond donors (Lipinski definition) is 0. The van der Waals surface area contributed by atoms with E-state index in [2.05, 4.69) is 9.97 Å². The summed E-state index contributed by atoms with van der Waals surface area (Å²) in [5.41, 5.74) is 2.55. The molecule has 0 saturated carbocycles. The molecule has 2 amide bonds. The van der Waals surface area contributed by atoms with Gasteiger partial charge in [0.05, 0.1) is 16.7 Å². The molecule has 114 valence electrons. The zero-order valence-electron chi connectivity index (χ0n) is 12.7. The van der Waals surface area contributed by atoms with Gasteiger partial charge in [-0.3, -0.25) is 9.59 Å². The number of fused-ring (bicyclic) bond motifs is 1. The summed E-state index contributed by atoms with van der Waals surface area (Å²) >= 11 is 0. The molecule has 0 bridgehead atoms. The third-order valence-corrected chi connectivity index (χ3v) is 3.96. The topological polar surface area (TPSA) is 66.4 Å². The molecule has 0 unspecified atom stereocenters. The van der Waals surface area contributed by atoms with Crippen LogP contribution in [0.4, 0.5) is 0 Å². The number of aryl methyl sites for hydroxylation is 1. The minimum Gasteiger partial charge on any atom is -0.339 e. The molecule has 1 aromatic carbocycles. The highest BCUT2D eigenvalue weighted by molar-refractivity contribution is 5.95. The minimum absolute atomic E-state index is 0.0498. The lowest BCUT2D eigenvalue weighted by Gasteiger charge is -2.34. The Hall–Kier alpha value is -2.50. The molecular formula is C16H18N4O2. The fourth-order valence-electron chi connectivity index (χ4n) is 2.67. The van der Waals surface area contributed by atoms with E-state index in [9.17, 15) is 9.59 Å². The third kappa shape index (κ3) is 2.64. The Morgan fingerprint density at radius 2 is 1.50 bits per heavy atom. The van der Waals surface area contributed by atoms with Gasteiger partial charge in [-0.1, -0.05) is 12.1 Å². The third-order valence-electron chi connectivity index (χ3n) is 3.96. The average Bonchev–Trinajstić information content (AvgIpc) is 2.53. The largest absolute Gasteiger partial charge is 0.339 e. The number of amides is 2. The molecule has 22 heavy (non-hydrogen) atoms. The predicted molar refractivity (Wildman–Crippen MR) is 82.4 cm³/mol. The monoisotopic (exact) mass is 298 g/mol. The molecule has 2 aromatic rings. The maximum atomic E-state index is 12.7. The van der Waals surface area contributed by atoms with Crippen molar-refractivity contribution in [1.82, 2.24) is 19.8 Å². The number of hydrogen-bond acceptors (Lipinski definition) is 4. The van der Waals surface area contributed by atoms with Gasteiger partial charge in [-0.2, -0.15) is 0 Å². The first-order chi connectivity index (χ1) is 10.6. The maximum absolute atomic E-state index is 12.7. The van der Waals surface area contributed by atoms with Gasteiger partial charge < -0.3 is 9.80 Å². The van der Waals surface area contributed by atoms with Crippen LogP contribution in [0.5, 0.6) is 0 Å². The van der Waals surface area contributed by atoms with Crippen molar-refractivity contribution in [2.45, 2.75) is 13.8 Å². The van der Waals surface area contributed by atoms with Crippen LogP contribution < -0.4 is 0 Å². The van der Waals surface area contributed by atoms with Gasteiger partial charge in [0, 0.05) is 33.1 Å². The van der Waals surface area contributed by atoms with E-state index in [0.29, 0.717) is 37.6 Å². The van der Waals surface area contributed by atoms with E-state index >= 15 is 0 Å². The van der Waals surface area contributed by atoms with Crippen LogP contribution in [0.3, 0.4) is 0 Å². The maximum Gasteiger partial charge on any atom is 0.274 e. The summed E-state index contributed by atoms with van der Waals surface area (Å²) in [6, 6.07) is 7.52. The van der Waals surface area contributed by atoms with Crippen LogP contribution in [0.1, 0.15) is 23.1 Å². The van der Waals surface area contributed by atoms with Crippen molar-refractivity contribution in [3.63, 3.8) is 0 Å². The van der Waals surface area contributed by atoms with Crippen LogP contribution >= 0.6 is 0 Å². The smallest absolute Gasteiger partial charge is 0.274 e. The standard InChI is InChI=1S/C16H18N4O2/c1-11-15(18-14-6-4-3-5-13(14)17-11)16(22)20-9-7-19(8-10-20)12(2)21/h3-6H,7-10H2,1-2H3. The lowest BCUT2D eigenvalue weighted by Crippen LogP contribution is -2.50. The van der Waals surface area contributed by atoms with Crippen molar-refractivity contribution < 1.29 is 9.59 Å². The Bertz CT molecular complexity index is 736. The molecule has 1 aliphatic heterocycles. The highest BCUT2D eigenvalue weighted by atomic mass is 16.2. The molecule has 0 radical (unpaired) electrons. The van der Waals surface area contributed by atoms with Crippen LogP contribution in [0.15, 0.2) is 24.3 Å². The highest BCUT2D eigenvalue weighted by Crippen LogP contribution is 2.15. The first kappa shape index (κ1) is 14.4. The molecule has 1 fully saturated rings. The molecule has 0 N–H and O–H groups in total. The van der Waals surface area contributed by atoms with E-state index < -0.39 is 0 Å². The van der Waals surface area contributed by atoms with Gasteiger partial charge in [-0.25, -0.2) is 9.97 Å². The van der Waals surface area contributed by atoms with Crippen LogP contribution in [0.2, 0.25) is 0 Å². The SMILES string of the molecule is CC(=O)N1CCN(C(=O)c2nc3ccccc3nc2C)CC1. The summed E-state index contributed by atoms with van der Waals surface area (Å²) in [6.07, 6.45) is 0. The number of benzene rings is 1. The number of rotatable bonds is 1. The van der Waals surface area contributed by atoms with Gasteiger partial charge in [-0.05, 0) is 19.1 Å². The first-order valence-electron chi connectivity index (χ1n) is 7.34. The summed E-state index contributed by atoms with van der Waals surface area (Å²) in [4.78, 5) is 36.4. The molecule has 2 heterocycles. The van der Waals surface area contributed by atoms with Crippen molar-refractivity contribution >= 4 is 22.8 Å². The minimum atomic E-state index is -0.112. The van der Waals surface area contributed by atoms with Gasteiger partial charge in [0.15, 0.2) is 0 Å². The molecule has 0 spiro atoms. The van der Waals surface area contributed by atoms with E-state index in [1.165, 1.54) is 0 Å². The number of carbonyl (C=O) groups excluding carboxylic acids is 2. The second kappa shape index (κ2) is 5.71. The van der Waals surface area contributed by atoms with Crippen molar-refractivity contribution in [2.75, 3.05) is 26.2 Å². The fraction of sp³-hybridized carbons (Fsp3) is 0.375. The van der Waals surface area contributed by atoms with Gasteiger partial charge in [0.25, 0.3) is 5.91 Å². The number of aromatic nitrogens is 2. The molecular weight excluding hydrogens is 280 g/mol. The van der Waals surface area contributed by atoms with Crippen molar-refractivity contribution in [3.8, 4) is 0 Å². The van der Waals surface area contributed by atoms with Crippen LogP contribution in [-0.2, 0) is 4.79 Å². The molecule has 0 aliphatic carbocycles. The Kier molecular flexibility index (Phi) is 3.75. The summed E-state index contributed by atoms with van der Waals surface area (Å²) in [5, 5.41) is 0. The second-order valence-electron chi connectivity index (χ2n) is 5.44. The normalized spacial score (nSPS) is 15.2. The Morgan fingerprint density at radius 3 is 2.09 bits per heavy atom. The fourth-order valence-corrected chi connectivity index (χ4v) is 2.67. The molecule has 6 nitrogen and oxygen atoms in total. The van der Waals surface area contributed by atoms with Crippen LogP contribution in [0.25, 0.3) is 11.0 Å².